The molecule has 7 rings (SSSR count). The van der Waals surface area contributed by atoms with Gasteiger partial charge in [0.1, 0.15) is 11.2 Å². The Bertz CT molecular complexity index is 1800. The number of benzene rings is 4. The van der Waals surface area contributed by atoms with Crippen molar-refractivity contribution in [1.29, 1.82) is 0 Å². The highest BCUT2D eigenvalue weighted by Crippen LogP contribution is 2.35. The zero-order valence-corrected chi connectivity index (χ0v) is 21.4. The summed E-state index contributed by atoms with van der Waals surface area (Å²) in [4.78, 5) is 4.62. The average Bonchev–Trinajstić information content (AvgIpc) is 3.39. The second-order valence-electron chi connectivity index (χ2n) is 10.4. The predicted octanol–water partition coefficient (Wildman–Crippen LogP) is 10.1. The van der Waals surface area contributed by atoms with Gasteiger partial charge in [-0.05, 0) is 82.6 Å². The molecule has 0 bridgehead atoms. The fourth-order valence-corrected chi connectivity index (χ4v) is 5.76. The van der Waals surface area contributed by atoms with Crippen LogP contribution in [0.25, 0.3) is 55.4 Å². The molecule has 0 aliphatic heterocycles. The van der Waals surface area contributed by atoms with E-state index in [1.165, 1.54) is 17.5 Å². The lowest BCUT2D eigenvalue weighted by atomic mass is 9.85. The number of fused-ring (bicyclic) bond motifs is 3. The van der Waals surface area contributed by atoms with E-state index in [1.54, 1.807) is 6.20 Å². The number of nitrogens with zero attached hydrogens (tertiary/aromatic N) is 1. The van der Waals surface area contributed by atoms with Crippen molar-refractivity contribution in [2.75, 3.05) is 0 Å². The molecule has 0 amide bonds. The van der Waals surface area contributed by atoms with Gasteiger partial charge in [0.15, 0.2) is 0 Å². The molecule has 0 N–H and O–H groups in total. The van der Waals surface area contributed by atoms with Crippen molar-refractivity contribution in [3.8, 4) is 33.5 Å². The molecule has 0 spiro atoms. The topological polar surface area (TPSA) is 26.0 Å². The fourth-order valence-electron chi connectivity index (χ4n) is 5.76. The molecule has 4 aromatic carbocycles. The van der Waals surface area contributed by atoms with E-state index in [4.69, 9.17) is 7.16 Å². The van der Waals surface area contributed by atoms with E-state index in [2.05, 4.69) is 77.8 Å². The number of rotatable bonds is 5. The van der Waals surface area contributed by atoms with Crippen LogP contribution in [0.5, 0.6) is 0 Å². The third kappa shape index (κ3) is 4.52. The minimum atomic E-state index is -1.35. The second-order valence-corrected chi connectivity index (χ2v) is 10.4. The van der Waals surface area contributed by atoms with Gasteiger partial charge in [-0.1, -0.05) is 92.8 Å². The first-order valence-electron chi connectivity index (χ1n) is 14.7. The summed E-state index contributed by atoms with van der Waals surface area (Å²) in [7, 11) is 0. The molecule has 0 unspecified atom stereocenters. The molecular weight excluding hydrogens is 462 g/mol. The van der Waals surface area contributed by atoms with Gasteiger partial charge in [0.25, 0.3) is 0 Å². The molecule has 0 atom stereocenters. The summed E-state index contributed by atoms with van der Waals surface area (Å²) >= 11 is 0. The van der Waals surface area contributed by atoms with Gasteiger partial charge < -0.3 is 4.42 Å². The Morgan fingerprint density at radius 2 is 1.34 bits per heavy atom. The van der Waals surface area contributed by atoms with Crippen molar-refractivity contribution in [2.24, 2.45) is 5.92 Å². The summed E-state index contributed by atoms with van der Waals surface area (Å²) in [6.07, 6.45) is 5.77. The molecular formula is C36H31NO. The third-order valence-electron chi connectivity index (χ3n) is 7.83. The van der Waals surface area contributed by atoms with Crippen molar-refractivity contribution in [3.63, 3.8) is 0 Å². The van der Waals surface area contributed by atoms with Gasteiger partial charge in [-0.3, -0.25) is 4.98 Å². The molecule has 1 saturated carbocycles. The number of furan rings is 1. The van der Waals surface area contributed by atoms with Crippen LogP contribution >= 0.6 is 0 Å². The highest BCUT2D eigenvalue weighted by atomic mass is 16.3. The third-order valence-corrected chi connectivity index (χ3v) is 7.83. The summed E-state index contributed by atoms with van der Waals surface area (Å²) in [6, 6.07) is 35.4. The SMILES string of the molecule is [2H]C([2H])(c1ccnc(-c2ccc3oc4cc(-c5ccc(-c6ccccc6)cc5)ccc4c3c2)c1)C1CCCCC1. The first-order valence-corrected chi connectivity index (χ1v) is 13.7. The van der Waals surface area contributed by atoms with Gasteiger partial charge in [-0.25, -0.2) is 0 Å². The van der Waals surface area contributed by atoms with Crippen LogP contribution in [-0.2, 0) is 6.37 Å². The standard InChI is InChI=1S/C36H31NO/c1-3-7-25(8-4-1)21-26-19-20-37-34(22-26)31-16-18-35-33(23-31)32-17-15-30(24-36(32)38-35)29-13-11-28(12-14-29)27-9-5-2-6-10-27/h2,5-6,9-20,22-25H,1,3-4,7-8,21H2/i21D2. The van der Waals surface area contributed by atoms with Gasteiger partial charge >= 0.3 is 0 Å². The van der Waals surface area contributed by atoms with Crippen LogP contribution in [0.15, 0.2) is 114 Å². The van der Waals surface area contributed by atoms with Gasteiger partial charge in [-0.2, -0.15) is 0 Å². The summed E-state index contributed by atoms with van der Waals surface area (Å²) in [5.74, 6) is 0.0699. The van der Waals surface area contributed by atoms with Crippen LogP contribution in [0.1, 0.15) is 40.4 Å². The fraction of sp³-hybridized carbons (Fsp3) is 0.194. The largest absolute Gasteiger partial charge is 0.456 e. The quantitative estimate of drug-likeness (QED) is 0.238. The molecule has 0 radical (unpaired) electrons. The first kappa shape index (κ1) is 20.8. The van der Waals surface area contributed by atoms with Crippen LogP contribution in [0.4, 0.5) is 0 Å². The normalized spacial score (nSPS) is 15.5. The molecule has 186 valence electrons. The molecule has 2 nitrogen and oxygen atoms in total. The molecule has 0 saturated heterocycles. The predicted molar refractivity (Wildman–Crippen MR) is 158 cm³/mol. The summed E-state index contributed by atoms with van der Waals surface area (Å²) in [5, 5.41) is 2.11. The highest BCUT2D eigenvalue weighted by molar-refractivity contribution is 6.07. The Hall–Kier alpha value is -4.17. The van der Waals surface area contributed by atoms with Crippen LogP contribution in [0.3, 0.4) is 0 Å². The smallest absolute Gasteiger partial charge is 0.136 e. The summed E-state index contributed by atoms with van der Waals surface area (Å²) < 4.78 is 24.1. The molecule has 2 aromatic heterocycles. The summed E-state index contributed by atoms with van der Waals surface area (Å²) in [5.41, 5.74) is 8.86. The van der Waals surface area contributed by atoms with Crippen LogP contribution < -0.4 is 0 Å². The Labute approximate surface area is 226 Å². The molecule has 38 heavy (non-hydrogen) atoms. The Kier molecular flexibility index (Phi) is 5.45. The average molecular weight is 496 g/mol. The molecule has 1 aliphatic carbocycles. The number of hydrogen-bond acceptors (Lipinski definition) is 2. The van der Waals surface area contributed by atoms with Crippen LogP contribution in [0, 0.1) is 5.92 Å². The second kappa shape index (κ2) is 9.95. The van der Waals surface area contributed by atoms with E-state index in [1.807, 2.05) is 30.3 Å². The lowest BCUT2D eigenvalue weighted by Gasteiger charge is -2.21. The maximum atomic E-state index is 8.91. The van der Waals surface area contributed by atoms with Crippen LogP contribution in [-0.4, -0.2) is 4.98 Å². The lowest BCUT2D eigenvalue weighted by Crippen LogP contribution is -2.09. The maximum Gasteiger partial charge on any atom is 0.136 e. The minimum Gasteiger partial charge on any atom is -0.456 e. The van der Waals surface area contributed by atoms with Gasteiger partial charge in [0.05, 0.1) is 5.69 Å². The Balaban J connectivity index is 1.20. The van der Waals surface area contributed by atoms with Crippen molar-refractivity contribution in [2.45, 2.75) is 38.5 Å². The zero-order chi connectivity index (χ0) is 27.1. The van der Waals surface area contributed by atoms with E-state index in [-0.39, 0.29) is 5.92 Å². The van der Waals surface area contributed by atoms with E-state index >= 15 is 0 Å². The van der Waals surface area contributed by atoms with Crippen LogP contribution in [0.2, 0.25) is 0 Å². The van der Waals surface area contributed by atoms with Gasteiger partial charge in [-0.15, -0.1) is 0 Å². The molecule has 2 heterocycles. The number of hydrogen-bond donors (Lipinski definition) is 0. The maximum absolute atomic E-state index is 8.91. The number of aromatic nitrogens is 1. The van der Waals surface area contributed by atoms with E-state index < -0.39 is 6.37 Å². The monoisotopic (exact) mass is 495 g/mol. The lowest BCUT2D eigenvalue weighted by molar-refractivity contribution is 0.356. The van der Waals surface area contributed by atoms with Crippen molar-refractivity contribution in [3.05, 3.63) is 115 Å². The molecule has 2 heteroatoms. The van der Waals surface area contributed by atoms with Crippen molar-refractivity contribution >= 4 is 21.9 Å². The van der Waals surface area contributed by atoms with E-state index in [9.17, 15) is 0 Å². The first-order chi connectivity index (χ1) is 19.6. The van der Waals surface area contributed by atoms with Crippen molar-refractivity contribution in [1.82, 2.24) is 4.98 Å². The molecule has 1 aliphatic rings. The zero-order valence-electron chi connectivity index (χ0n) is 23.4. The van der Waals surface area contributed by atoms with Gasteiger partial charge in [0, 0.05) is 25.3 Å². The Morgan fingerprint density at radius 3 is 2.16 bits per heavy atom. The summed E-state index contributed by atoms with van der Waals surface area (Å²) in [6.45, 7) is 0. The van der Waals surface area contributed by atoms with Gasteiger partial charge in [0.2, 0.25) is 0 Å². The Morgan fingerprint density at radius 1 is 0.632 bits per heavy atom. The highest BCUT2D eigenvalue weighted by Gasteiger charge is 2.15. The molecule has 6 aromatic rings. The number of pyridine rings is 1. The van der Waals surface area contributed by atoms with Crippen molar-refractivity contribution < 1.29 is 7.16 Å². The van der Waals surface area contributed by atoms with E-state index in [0.29, 0.717) is 0 Å². The molecule has 1 fully saturated rings. The minimum absolute atomic E-state index is 0.0699. The van der Waals surface area contributed by atoms with E-state index in [0.717, 1.165) is 75.6 Å².